The number of primary sulfonamides is 1. The normalized spacial score (nSPS) is 15.4. The third-order valence-electron chi connectivity index (χ3n) is 3.12. The lowest BCUT2D eigenvalue weighted by Crippen LogP contribution is -2.52. The smallest absolute Gasteiger partial charge is 0.321 e. The van der Waals surface area contributed by atoms with E-state index in [9.17, 15) is 18.0 Å². The SMILES string of the molecule is NS(=O)(=O)c1cccc(NC(=O)N2CC(CC(=O)O)C2)c1. The van der Waals surface area contributed by atoms with E-state index in [4.69, 9.17) is 10.2 Å². The van der Waals surface area contributed by atoms with Gasteiger partial charge in [0.25, 0.3) is 0 Å². The number of urea groups is 1. The molecule has 0 spiro atoms. The van der Waals surface area contributed by atoms with Gasteiger partial charge in [0.1, 0.15) is 0 Å². The van der Waals surface area contributed by atoms with Crippen molar-refractivity contribution in [3.05, 3.63) is 24.3 Å². The van der Waals surface area contributed by atoms with E-state index in [-0.39, 0.29) is 17.2 Å². The molecule has 1 aromatic rings. The minimum atomic E-state index is -3.83. The highest BCUT2D eigenvalue weighted by Crippen LogP contribution is 2.21. The van der Waals surface area contributed by atoms with E-state index in [2.05, 4.69) is 5.32 Å². The van der Waals surface area contributed by atoms with Gasteiger partial charge in [-0.2, -0.15) is 0 Å². The van der Waals surface area contributed by atoms with Gasteiger partial charge in [-0.1, -0.05) is 6.07 Å². The van der Waals surface area contributed by atoms with Crippen molar-refractivity contribution in [3.8, 4) is 0 Å². The number of sulfonamides is 1. The summed E-state index contributed by atoms with van der Waals surface area (Å²) >= 11 is 0. The van der Waals surface area contributed by atoms with Crippen LogP contribution in [0.1, 0.15) is 6.42 Å². The number of anilines is 1. The minimum absolute atomic E-state index is 0.0324. The lowest BCUT2D eigenvalue weighted by Gasteiger charge is -2.38. The van der Waals surface area contributed by atoms with Crippen LogP contribution in [-0.4, -0.2) is 43.5 Å². The molecule has 21 heavy (non-hydrogen) atoms. The van der Waals surface area contributed by atoms with Crippen molar-refractivity contribution in [1.29, 1.82) is 0 Å². The lowest BCUT2D eigenvalue weighted by atomic mass is 9.97. The van der Waals surface area contributed by atoms with E-state index in [1.165, 1.54) is 23.1 Å². The summed E-state index contributed by atoms with van der Waals surface area (Å²) in [4.78, 5) is 23.8. The summed E-state index contributed by atoms with van der Waals surface area (Å²) in [5, 5.41) is 16.2. The molecule has 1 aliphatic rings. The van der Waals surface area contributed by atoms with E-state index in [1.807, 2.05) is 0 Å². The first-order valence-corrected chi connectivity index (χ1v) is 7.71. The van der Waals surface area contributed by atoms with Gasteiger partial charge in [0.15, 0.2) is 0 Å². The molecule has 114 valence electrons. The number of amides is 2. The summed E-state index contributed by atoms with van der Waals surface area (Å²) in [7, 11) is -3.83. The summed E-state index contributed by atoms with van der Waals surface area (Å²) in [5.74, 6) is -0.926. The van der Waals surface area contributed by atoms with E-state index >= 15 is 0 Å². The van der Waals surface area contributed by atoms with Crippen LogP contribution in [0.3, 0.4) is 0 Å². The highest BCUT2D eigenvalue weighted by Gasteiger charge is 2.32. The van der Waals surface area contributed by atoms with E-state index in [1.54, 1.807) is 6.07 Å². The second kappa shape index (κ2) is 5.70. The summed E-state index contributed by atoms with van der Waals surface area (Å²) < 4.78 is 22.4. The number of hydrogen-bond donors (Lipinski definition) is 3. The molecule has 9 heteroatoms. The Kier molecular flexibility index (Phi) is 4.14. The van der Waals surface area contributed by atoms with Crippen LogP contribution >= 0.6 is 0 Å². The standard InChI is InChI=1S/C12H15N3O5S/c13-21(19,20)10-3-1-2-9(5-10)14-12(18)15-6-8(7-15)4-11(16)17/h1-3,5,8H,4,6-7H2,(H,14,18)(H,16,17)(H2,13,19,20). The van der Waals surface area contributed by atoms with Crippen LogP contribution in [0.4, 0.5) is 10.5 Å². The highest BCUT2D eigenvalue weighted by atomic mass is 32.2. The summed E-state index contributed by atoms with van der Waals surface area (Å²) in [6, 6.07) is 5.21. The van der Waals surface area contributed by atoms with E-state index in [0.29, 0.717) is 18.8 Å². The van der Waals surface area contributed by atoms with E-state index in [0.717, 1.165) is 0 Å². The average Bonchev–Trinajstić information content (AvgIpc) is 2.32. The maximum atomic E-state index is 11.9. The number of likely N-dealkylation sites (tertiary alicyclic amines) is 1. The number of nitrogens with zero attached hydrogens (tertiary/aromatic N) is 1. The van der Waals surface area contributed by atoms with Crippen LogP contribution in [0.2, 0.25) is 0 Å². The predicted octanol–water partition coefficient (Wildman–Crippen LogP) is 0.272. The van der Waals surface area contributed by atoms with Gasteiger partial charge in [-0.3, -0.25) is 4.79 Å². The molecule has 1 saturated heterocycles. The Labute approximate surface area is 121 Å². The molecule has 0 unspecified atom stereocenters. The Morgan fingerprint density at radius 1 is 1.38 bits per heavy atom. The molecule has 2 rings (SSSR count). The molecular weight excluding hydrogens is 298 g/mol. The van der Waals surface area contributed by atoms with Crippen molar-refractivity contribution in [1.82, 2.24) is 4.90 Å². The summed E-state index contributed by atoms with van der Waals surface area (Å²) in [6.45, 7) is 0.736. The molecule has 0 aliphatic carbocycles. The molecule has 2 amide bonds. The number of benzene rings is 1. The predicted molar refractivity (Wildman–Crippen MR) is 74.1 cm³/mol. The van der Waals surface area contributed by atoms with E-state index < -0.39 is 22.0 Å². The molecule has 4 N–H and O–H groups in total. The molecule has 0 aromatic heterocycles. The average molecular weight is 313 g/mol. The number of carbonyl (C=O) groups is 2. The fourth-order valence-electron chi connectivity index (χ4n) is 2.07. The number of nitrogens with one attached hydrogen (secondary N) is 1. The zero-order valence-corrected chi connectivity index (χ0v) is 11.8. The van der Waals surface area contributed by atoms with Crippen molar-refractivity contribution in [2.24, 2.45) is 11.1 Å². The second-order valence-electron chi connectivity index (χ2n) is 4.87. The van der Waals surface area contributed by atoms with Crippen molar-refractivity contribution in [2.75, 3.05) is 18.4 Å². The van der Waals surface area contributed by atoms with Crippen LogP contribution in [0.5, 0.6) is 0 Å². The Morgan fingerprint density at radius 3 is 2.62 bits per heavy atom. The number of hydrogen-bond acceptors (Lipinski definition) is 4. The zero-order chi connectivity index (χ0) is 15.6. The fourth-order valence-corrected chi connectivity index (χ4v) is 2.62. The maximum absolute atomic E-state index is 11.9. The third-order valence-corrected chi connectivity index (χ3v) is 4.03. The molecule has 0 radical (unpaired) electrons. The Morgan fingerprint density at radius 2 is 2.05 bits per heavy atom. The monoisotopic (exact) mass is 313 g/mol. The topological polar surface area (TPSA) is 130 Å². The van der Waals surface area contributed by atoms with Gasteiger partial charge < -0.3 is 15.3 Å². The molecule has 1 aromatic carbocycles. The number of rotatable bonds is 4. The molecule has 0 bridgehead atoms. The van der Waals surface area contributed by atoms with Gasteiger partial charge in [-0.25, -0.2) is 18.4 Å². The highest BCUT2D eigenvalue weighted by molar-refractivity contribution is 7.89. The van der Waals surface area contributed by atoms with Crippen LogP contribution in [0, 0.1) is 5.92 Å². The van der Waals surface area contributed by atoms with Crippen molar-refractivity contribution in [2.45, 2.75) is 11.3 Å². The number of carboxylic acids is 1. The van der Waals surface area contributed by atoms with Gasteiger partial charge in [-0.05, 0) is 18.2 Å². The third kappa shape index (κ3) is 3.92. The molecule has 0 atom stereocenters. The quantitative estimate of drug-likeness (QED) is 0.734. The molecule has 1 heterocycles. The molecule has 8 nitrogen and oxygen atoms in total. The van der Waals surface area contributed by atoms with Crippen LogP contribution in [-0.2, 0) is 14.8 Å². The van der Waals surface area contributed by atoms with Gasteiger partial charge in [0.2, 0.25) is 10.0 Å². The first-order chi connectivity index (χ1) is 9.75. The Hall–Kier alpha value is -2.13. The van der Waals surface area contributed by atoms with Crippen molar-refractivity contribution >= 4 is 27.7 Å². The molecule has 0 saturated carbocycles. The largest absolute Gasteiger partial charge is 0.481 e. The van der Waals surface area contributed by atoms with Gasteiger partial charge in [0, 0.05) is 24.7 Å². The maximum Gasteiger partial charge on any atom is 0.321 e. The zero-order valence-electron chi connectivity index (χ0n) is 11.0. The number of carboxylic acid groups (broad SMARTS) is 1. The second-order valence-corrected chi connectivity index (χ2v) is 6.43. The van der Waals surface area contributed by atoms with Crippen LogP contribution < -0.4 is 10.5 Å². The molecule has 1 aliphatic heterocycles. The van der Waals surface area contributed by atoms with Crippen molar-refractivity contribution in [3.63, 3.8) is 0 Å². The number of carbonyl (C=O) groups excluding carboxylic acids is 1. The number of nitrogens with two attached hydrogens (primary N) is 1. The Balaban J connectivity index is 1.94. The van der Waals surface area contributed by atoms with Crippen LogP contribution in [0.25, 0.3) is 0 Å². The van der Waals surface area contributed by atoms with Crippen LogP contribution in [0.15, 0.2) is 29.2 Å². The Bertz CT molecular complexity index is 667. The lowest BCUT2D eigenvalue weighted by molar-refractivity contribution is -0.139. The van der Waals surface area contributed by atoms with Crippen molar-refractivity contribution < 1.29 is 23.1 Å². The van der Waals surface area contributed by atoms with Gasteiger partial charge >= 0.3 is 12.0 Å². The summed E-state index contributed by atoms with van der Waals surface area (Å²) in [5.41, 5.74) is 0.313. The first-order valence-electron chi connectivity index (χ1n) is 6.16. The molecule has 1 fully saturated rings. The number of aliphatic carboxylic acids is 1. The molecular formula is C12H15N3O5S. The minimum Gasteiger partial charge on any atom is -0.481 e. The summed E-state index contributed by atoms with van der Waals surface area (Å²) in [6.07, 6.45) is 0.0324. The van der Waals surface area contributed by atoms with Gasteiger partial charge in [0.05, 0.1) is 11.3 Å². The first kappa shape index (κ1) is 15.3. The fraction of sp³-hybridized carbons (Fsp3) is 0.333. The van der Waals surface area contributed by atoms with Gasteiger partial charge in [-0.15, -0.1) is 0 Å².